The summed E-state index contributed by atoms with van der Waals surface area (Å²) in [6.07, 6.45) is 1.59. The summed E-state index contributed by atoms with van der Waals surface area (Å²) >= 11 is 0. The van der Waals surface area contributed by atoms with Gasteiger partial charge < -0.3 is 5.11 Å². The van der Waals surface area contributed by atoms with E-state index in [1.807, 2.05) is 0 Å². The molecule has 1 aromatic rings. The third-order valence-electron chi connectivity index (χ3n) is 2.60. The maximum atomic E-state index is 12.1. The van der Waals surface area contributed by atoms with Gasteiger partial charge in [-0.05, 0) is 18.6 Å². The Morgan fingerprint density at radius 3 is 2.68 bits per heavy atom. The second-order valence-corrected chi connectivity index (χ2v) is 6.15. The number of nitrogens with zero attached hydrogens (tertiary/aromatic N) is 2. The SMILES string of the molecule is CCN(Cc1ccccn1)S(=O)(=O)CCCC(=O)O. The lowest BCUT2D eigenvalue weighted by molar-refractivity contribution is -0.137. The third kappa shape index (κ3) is 5.35. The van der Waals surface area contributed by atoms with E-state index >= 15 is 0 Å². The fourth-order valence-corrected chi connectivity index (χ4v) is 3.10. The van der Waals surface area contributed by atoms with Crippen LogP contribution in [0.4, 0.5) is 0 Å². The minimum absolute atomic E-state index is 0.121. The first-order chi connectivity index (χ1) is 8.95. The van der Waals surface area contributed by atoms with E-state index in [0.717, 1.165) is 0 Å². The fraction of sp³-hybridized carbons (Fsp3) is 0.500. The van der Waals surface area contributed by atoms with Crippen molar-refractivity contribution in [3.63, 3.8) is 0 Å². The van der Waals surface area contributed by atoms with Crippen molar-refractivity contribution in [3.05, 3.63) is 30.1 Å². The molecule has 106 valence electrons. The molecule has 7 heteroatoms. The van der Waals surface area contributed by atoms with Crippen LogP contribution in [0.2, 0.25) is 0 Å². The molecule has 0 saturated heterocycles. The molecule has 0 unspecified atom stereocenters. The van der Waals surface area contributed by atoms with Crippen LogP contribution < -0.4 is 0 Å². The highest BCUT2D eigenvalue weighted by molar-refractivity contribution is 7.89. The van der Waals surface area contributed by atoms with Crippen LogP contribution in [-0.2, 0) is 21.4 Å². The molecule has 0 bridgehead atoms. The number of hydrogen-bond acceptors (Lipinski definition) is 4. The van der Waals surface area contributed by atoms with E-state index < -0.39 is 16.0 Å². The summed E-state index contributed by atoms with van der Waals surface area (Å²) in [4.78, 5) is 14.5. The van der Waals surface area contributed by atoms with Gasteiger partial charge in [-0.2, -0.15) is 4.31 Å². The topological polar surface area (TPSA) is 87.6 Å². The van der Waals surface area contributed by atoms with Crippen LogP contribution in [0.1, 0.15) is 25.5 Å². The highest BCUT2D eigenvalue weighted by Gasteiger charge is 2.21. The van der Waals surface area contributed by atoms with Gasteiger partial charge in [-0.15, -0.1) is 0 Å². The minimum atomic E-state index is -3.44. The van der Waals surface area contributed by atoms with Crippen LogP contribution in [0.15, 0.2) is 24.4 Å². The Bertz CT molecular complexity index is 502. The van der Waals surface area contributed by atoms with Crippen molar-refractivity contribution in [3.8, 4) is 0 Å². The van der Waals surface area contributed by atoms with Gasteiger partial charge in [0.2, 0.25) is 10.0 Å². The molecule has 0 saturated carbocycles. The second kappa shape index (κ2) is 7.20. The number of pyridine rings is 1. The lowest BCUT2D eigenvalue weighted by Crippen LogP contribution is -2.32. The summed E-state index contributed by atoms with van der Waals surface area (Å²) in [6.45, 7) is 2.30. The number of sulfonamides is 1. The Hall–Kier alpha value is -1.47. The van der Waals surface area contributed by atoms with Crippen molar-refractivity contribution in [2.75, 3.05) is 12.3 Å². The van der Waals surface area contributed by atoms with Crippen molar-refractivity contribution in [1.29, 1.82) is 0 Å². The Kier molecular flexibility index (Phi) is 5.91. The lowest BCUT2D eigenvalue weighted by atomic mass is 10.3. The predicted molar refractivity (Wildman–Crippen MR) is 71.0 cm³/mol. The van der Waals surface area contributed by atoms with Gasteiger partial charge in [-0.25, -0.2) is 8.42 Å². The van der Waals surface area contributed by atoms with Gasteiger partial charge in [0.1, 0.15) is 0 Å². The summed E-state index contributed by atoms with van der Waals surface area (Å²) in [7, 11) is -3.44. The Labute approximate surface area is 113 Å². The van der Waals surface area contributed by atoms with Gasteiger partial charge in [0.05, 0.1) is 18.0 Å². The van der Waals surface area contributed by atoms with E-state index in [1.54, 1.807) is 31.3 Å². The highest BCUT2D eigenvalue weighted by Crippen LogP contribution is 2.09. The van der Waals surface area contributed by atoms with Crippen LogP contribution >= 0.6 is 0 Å². The van der Waals surface area contributed by atoms with Crippen LogP contribution in [0.25, 0.3) is 0 Å². The first-order valence-electron chi connectivity index (χ1n) is 6.05. The maximum Gasteiger partial charge on any atom is 0.303 e. The van der Waals surface area contributed by atoms with Crippen molar-refractivity contribution >= 4 is 16.0 Å². The lowest BCUT2D eigenvalue weighted by Gasteiger charge is -2.19. The number of carbonyl (C=O) groups is 1. The highest BCUT2D eigenvalue weighted by atomic mass is 32.2. The molecule has 1 rings (SSSR count). The summed E-state index contributed by atoms with van der Waals surface area (Å²) in [5, 5.41) is 8.52. The van der Waals surface area contributed by atoms with Gasteiger partial charge in [0.15, 0.2) is 0 Å². The second-order valence-electron chi connectivity index (χ2n) is 4.06. The largest absolute Gasteiger partial charge is 0.481 e. The van der Waals surface area contributed by atoms with Gasteiger partial charge in [0, 0.05) is 19.2 Å². The summed E-state index contributed by atoms with van der Waals surface area (Å²) in [6, 6.07) is 5.32. The van der Waals surface area contributed by atoms with E-state index in [9.17, 15) is 13.2 Å². The van der Waals surface area contributed by atoms with Crippen LogP contribution in [0.5, 0.6) is 0 Å². The zero-order chi connectivity index (χ0) is 14.3. The quantitative estimate of drug-likeness (QED) is 0.773. The van der Waals surface area contributed by atoms with E-state index in [2.05, 4.69) is 4.98 Å². The van der Waals surface area contributed by atoms with Crippen molar-refractivity contribution in [2.45, 2.75) is 26.3 Å². The zero-order valence-corrected chi connectivity index (χ0v) is 11.6. The molecular weight excluding hydrogens is 268 g/mol. The van der Waals surface area contributed by atoms with E-state index in [4.69, 9.17) is 5.11 Å². The molecule has 0 aliphatic carbocycles. The smallest absolute Gasteiger partial charge is 0.303 e. The molecule has 19 heavy (non-hydrogen) atoms. The standard InChI is InChI=1S/C12H18N2O4S/c1-2-14(10-11-6-3-4-8-13-11)19(17,18)9-5-7-12(15)16/h3-4,6,8H,2,5,7,9-10H2,1H3,(H,15,16). The van der Waals surface area contributed by atoms with E-state index in [1.165, 1.54) is 4.31 Å². The maximum absolute atomic E-state index is 12.1. The fourth-order valence-electron chi connectivity index (χ4n) is 1.61. The van der Waals surface area contributed by atoms with Crippen molar-refractivity contribution in [1.82, 2.24) is 9.29 Å². The Morgan fingerprint density at radius 1 is 1.42 bits per heavy atom. The van der Waals surface area contributed by atoms with E-state index in [-0.39, 0.29) is 25.1 Å². The summed E-state index contributed by atoms with van der Waals surface area (Å²) in [5.74, 6) is -1.14. The number of carboxylic acid groups (broad SMARTS) is 1. The average Bonchev–Trinajstić information content (AvgIpc) is 2.36. The van der Waals surface area contributed by atoms with Crippen molar-refractivity contribution in [2.24, 2.45) is 0 Å². The van der Waals surface area contributed by atoms with Crippen LogP contribution in [-0.4, -0.2) is 41.1 Å². The molecule has 0 aliphatic heterocycles. The Morgan fingerprint density at radius 2 is 2.16 bits per heavy atom. The molecule has 0 aliphatic rings. The molecule has 0 aromatic carbocycles. The molecule has 0 radical (unpaired) electrons. The number of aliphatic carboxylic acids is 1. The molecule has 1 aromatic heterocycles. The molecular formula is C12H18N2O4S. The molecule has 1 heterocycles. The minimum Gasteiger partial charge on any atom is -0.481 e. The van der Waals surface area contributed by atoms with Gasteiger partial charge in [-0.1, -0.05) is 13.0 Å². The van der Waals surface area contributed by atoms with Crippen LogP contribution in [0, 0.1) is 0 Å². The van der Waals surface area contributed by atoms with E-state index in [0.29, 0.717) is 12.2 Å². The number of aromatic nitrogens is 1. The van der Waals surface area contributed by atoms with Crippen LogP contribution in [0.3, 0.4) is 0 Å². The molecule has 0 spiro atoms. The number of rotatable bonds is 8. The van der Waals surface area contributed by atoms with Crippen molar-refractivity contribution < 1.29 is 18.3 Å². The zero-order valence-electron chi connectivity index (χ0n) is 10.8. The normalized spacial score (nSPS) is 11.7. The van der Waals surface area contributed by atoms with Gasteiger partial charge >= 0.3 is 5.97 Å². The molecule has 1 N–H and O–H groups in total. The monoisotopic (exact) mass is 286 g/mol. The number of hydrogen-bond donors (Lipinski definition) is 1. The third-order valence-corrected chi connectivity index (χ3v) is 4.58. The average molecular weight is 286 g/mol. The predicted octanol–water partition coefficient (Wildman–Crippen LogP) is 1.10. The summed E-state index contributed by atoms with van der Waals surface area (Å²) < 4.78 is 25.4. The summed E-state index contributed by atoms with van der Waals surface area (Å²) in [5.41, 5.74) is 0.672. The molecule has 0 fully saturated rings. The van der Waals surface area contributed by atoms with Gasteiger partial charge in [0.25, 0.3) is 0 Å². The van der Waals surface area contributed by atoms with Gasteiger partial charge in [-0.3, -0.25) is 9.78 Å². The Balaban J connectivity index is 2.65. The number of carboxylic acids is 1. The first kappa shape index (κ1) is 15.6. The first-order valence-corrected chi connectivity index (χ1v) is 7.66. The molecule has 0 amide bonds. The molecule has 0 atom stereocenters. The molecule has 6 nitrogen and oxygen atoms in total.